The zero-order chi connectivity index (χ0) is 18.5. The predicted molar refractivity (Wildman–Crippen MR) is 99.7 cm³/mol. The first-order valence-corrected chi connectivity index (χ1v) is 8.73. The van der Waals surface area contributed by atoms with Crippen LogP contribution in [-0.4, -0.2) is 16.0 Å². The molecule has 1 heterocycles. The molecule has 26 heavy (non-hydrogen) atoms. The molecule has 134 valence electrons. The first-order valence-electron chi connectivity index (χ1n) is 8.73. The summed E-state index contributed by atoms with van der Waals surface area (Å²) in [7, 11) is 0. The molecule has 3 aromatic rings. The van der Waals surface area contributed by atoms with Crippen molar-refractivity contribution < 1.29 is 9.32 Å². The molecule has 0 spiro atoms. The third kappa shape index (κ3) is 4.36. The summed E-state index contributed by atoms with van der Waals surface area (Å²) in [5.74, 6) is 0.897. The first-order chi connectivity index (χ1) is 12.5. The van der Waals surface area contributed by atoms with Crippen molar-refractivity contribution in [3.8, 4) is 0 Å². The van der Waals surface area contributed by atoms with Gasteiger partial charge in [0.15, 0.2) is 5.82 Å². The molecule has 3 rings (SSSR count). The van der Waals surface area contributed by atoms with E-state index in [0.717, 1.165) is 5.56 Å². The summed E-state index contributed by atoms with van der Waals surface area (Å²) in [5, 5.41) is 6.88. The molecule has 0 saturated heterocycles. The van der Waals surface area contributed by atoms with Crippen LogP contribution in [0.5, 0.6) is 0 Å². The largest absolute Gasteiger partial charge is 0.341 e. The van der Waals surface area contributed by atoms with Gasteiger partial charge in [-0.05, 0) is 43.9 Å². The molecule has 5 nitrogen and oxygen atoms in total. The van der Waals surface area contributed by atoms with E-state index in [1.165, 1.54) is 16.7 Å². The lowest BCUT2D eigenvalue weighted by Gasteiger charge is -2.16. The molecule has 0 saturated carbocycles. The highest BCUT2D eigenvalue weighted by molar-refractivity contribution is 5.77. The normalized spacial score (nSPS) is 12.0. The fourth-order valence-corrected chi connectivity index (χ4v) is 2.97. The Morgan fingerprint density at radius 3 is 2.54 bits per heavy atom. The van der Waals surface area contributed by atoms with Crippen LogP contribution in [0.25, 0.3) is 0 Å². The topological polar surface area (TPSA) is 68.0 Å². The quantitative estimate of drug-likeness (QED) is 0.734. The maximum atomic E-state index is 12.6. The van der Waals surface area contributed by atoms with Gasteiger partial charge in [0, 0.05) is 6.42 Å². The summed E-state index contributed by atoms with van der Waals surface area (Å²) in [6, 6.07) is 15.5. The molecule has 0 aliphatic heterocycles. The highest BCUT2D eigenvalue weighted by Crippen LogP contribution is 2.21. The van der Waals surface area contributed by atoms with Crippen molar-refractivity contribution in [3.05, 3.63) is 82.5 Å². The van der Waals surface area contributed by atoms with E-state index in [-0.39, 0.29) is 5.91 Å². The molecular weight excluding hydrogens is 326 g/mol. The maximum absolute atomic E-state index is 12.6. The van der Waals surface area contributed by atoms with Gasteiger partial charge >= 0.3 is 0 Å². The van der Waals surface area contributed by atoms with Crippen LogP contribution < -0.4 is 5.32 Å². The standard InChI is InChI=1S/C21H23N3O2/c1-14-9-10-17(15(2)13-14)11-12-19(25)23-20(18-7-5-4-6-8-18)21-22-16(3)24-26-21/h4-10,13,20H,11-12H2,1-3H3,(H,23,25)/t20-/m1/s1. The van der Waals surface area contributed by atoms with E-state index in [1.54, 1.807) is 6.92 Å². The van der Waals surface area contributed by atoms with Gasteiger partial charge in [-0.25, -0.2) is 0 Å². The number of aryl methyl sites for hydroxylation is 4. The van der Waals surface area contributed by atoms with Crippen molar-refractivity contribution >= 4 is 5.91 Å². The molecule has 1 amide bonds. The monoisotopic (exact) mass is 349 g/mol. The van der Waals surface area contributed by atoms with E-state index in [9.17, 15) is 4.79 Å². The van der Waals surface area contributed by atoms with Gasteiger partial charge in [0.2, 0.25) is 5.91 Å². The Kier molecular flexibility index (Phi) is 5.46. The molecule has 2 aromatic carbocycles. The fourth-order valence-electron chi connectivity index (χ4n) is 2.97. The first kappa shape index (κ1) is 17.9. The molecule has 5 heteroatoms. The Hall–Kier alpha value is -2.95. The van der Waals surface area contributed by atoms with Crippen molar-refractivity contribution in [2.24, 2.45) is 0 Å². The second-order valence-corrected chi connectivity index (χ2v) is 6.52. The average molecular weight is 349 g/mol. The Balaban J connectivity index is 1.71. The van der Waals surface area contributed by atoms with Crippen molar-refractivity contribution in [1.82, 2.24) is 15.5 Å². The lowest BCUT2D eigenvalue weighted by Crippen LogP contribution is -2.29. The Bertz CT molecular complexity index is 887. The van der Waals surface area contributed by atoms with Gasteiger partial charge in [-0.3, -0.25) is 4.79 Å². The molecular formula is C21H23N3O2. The number of aromatic nitrogens is 2. The zero-order valence-corrected chi connectivity index (χ0v) is 15.3. The molecule has 0 radical (unpaired) electrons. The minimum absolute atomic E-state index is 0.0466. The van der Waals surface area contributed by atoms with Crippen LogP contribution in [0.4, 0.5) is 0 Å². The van der Waals surface area contributed by atoms with Crippen LogP contribution in [-0.2, 0) is 11.2 Å². The minimum atomic E-state index is -0.441. The van der Waals surface area contributed by atoms with Crippen LogP contribution in [0.1, 0.15) is 46.4 Å². The number of nitrogens with zero attached hydrogens (tertiary/aromatic N) is 2. The summed E-state index contributed by atoms with van der Waals surface area (Å²) in [6.45, 7) is 5.91. The number of nitrogens with one attached hydrogen (secondary N) is 1. The molecule has 1 aromatic heterocycles. The number of rotatable bonds is 6. The van der Waals surface area contributed by atoms with Crippen LogP contribution in [0, 0.1) is 20.8 Å². The Labute approximate surface area is 153 Å². The summed E-state index contributed by atoms with van der Waals surface area (Å²) in [6.07, 6.45) is 1.10. The highest BCUT2D eigenvalue weighted by Gasteiger charge is 2.22. The van der Waals surface area contributed by atoms with E-state index < -0.39 is 6.04 Å². The van der Waals surface area contributed by atoms with Gasteiger partial charge in [-0.15, -0.1) is 0 Å². The summed E-state index contributed by atoms with van der Waals surface area (Å²) in [4.78, 5) is 16.8. The molecule has 0 bridgehead atoms. The van der Waals surface area contributed by atoms with Gasteiger partial charge in [0.05, 0.1) is 0 Å². The van der Waals surface area contributed by atoms with Crippen LogP contribution in [0.15, 0.2) is 53.1 Å². The number of benzene rings is 2. The van der Waals surface area contributed by atoms with E-state index in [4.69, 9.17) is 4.52 Å². The number of carbonyl (C=O) groups excluding carboxylic acids is 1. The second-order valence-electron chi connectivity index (χ2n) is 6.52. The fraction of sp³-hybridized carbons (Fsp3) is 0.286. The van der Waals surface area contributed by atoms with E-state index in [1.807, 2.05) is 30.3 Å². The third-order valence-electron chi connectivity index (χ3n) is 4.35. The molecule has 1 N–H and O–H groups in total. The highest BCUT2D eigenvalue weighted by atomic mass is 16.5. The zero-order valence-electron chi connectivity index (χ0n) is 15.3. The molecule has 0 fully saturated rings. The van der Waals surface area contributed by atoms with Gasteiger partial charge in [0.1, 0.15) is 6.04 Å². The SMILES string of the molecule is Cc1ccc(CCC(=O)N[C@H](c2ccccc2)c2nc(C)no2)c(C)c1. The lowest BCUT2D eigenvalue weighted by atomic mass is 10.0. The lowest BCUT2D eigenvalue weighted by molar-refractivity contribution is -0.121. The van der Waals surface area contributed by atoms with Crippen LogP contribution >= 0.6 is 0 Å². The van der Waals surface area contributed by atoms with E-state index in [0.29, 0.717) is 24.6 Å². The third-order valence-corrected chi connectivity index (χ3v) is 4.35. The average Bonchev–Trinajstić information content (AvgIpc) is 3.06. The Morgan fingerprint density at radius 2 is 1.88 bits per heavy atom. The number of hydrogen-bond acceptors (Lipinski definition) is 4. The van der Waals surface area contributed by atoms with Crippen LogP contribution in [0.3, 0.4) is 0 Å². The van der Waals surface area contributed by atoms with Crippen molar-refractivity contribution in [1.29, 1.82) is 0 Å². The van der Waals surface area contributed by atoms with Crippen molar-refractivity contribution in [3.63, 3.8) is 0 Å². The van der Waals surface area contributed by atoms with Gasteiger partial charge in [0.25, 0.3) is 5.89 Å². The summed E-state index contributed by atoms with van der Waals surface area (Å²) in [5.41, 5.74) is 4.54. The van der Waals surface area contributed by atoms with Gasteiger partial charge < -0.3 is 9.84 Å². The number of carbonyl (C=O) groups is 1. The molecule has 0 aliphatic rings. The number of amides is 1. The van der Waals surface area contributed by atoms with Crippen molar-refractivity contribution in [2.75, 3.05) is 0 Å². The van der Waals surface area contributed by atoms with Crippen molar-refractivity contribution in [2.45, 2.75) is 39.7 Å². The van der Waals surface area contributed by atoms with Crippen LogP contribution in [0.2, 0.25) is 0 Å². The maximum Gasteiger partial charge on any atom is 0.253 e. The summed E-state index contributed by atoms with van der Waals surface area (Å²) >= 11 is 0. The predicted octanol–water partition coefficient (Wildman–Crippen LogP) is 3.83. The Morgan fingerprint density at radius 1 is 1.12 bits per heavy atom. The summed E-state index contributed by atoms with van der Waals surface area (Å²) < 4.78 is 5.30. The minimum Gasteiger partial charge on any atom is -0.341 e. The van der Waals surface area contributed by atoms with Gasteiger partial charge in [-0.2, -0.15) is 4.98 Å². The second kappa shape index (κ2) is 7.95. The smallest absolute Gasteiger partial charge is 0.253 e. The van der Waals surface area contributed by atoms with Gasteiger partial charge in [-0.1, -0.05) is 59.3 Å². The molecule has 0 unspecified atom stereocenters. The molecule has 0 aliphatic carbocycles. The number of hydrogen-bond donors (Lipinski definition) is 1. The van der Waals surface area contributed by atoms with E-state index >= 15 is 0 Å². The van der Waals surface area contributed by atoms with E-state index in [2.05, 4.69) is 47.5 Å². The molecule has 1 atom stereocenters.